The summed E-state index contributed by atoms with van der Waals surface area (Å²) >= 11 is 0. The van der Waals surface area contributed by atoms with Crippen LogP contribution in [-0.2, 0) is 11.3 Å². The molecule has 1 saturated heterocycles. The number of carbonyl (C=O) groups is 1. The molecule has 1 aliphatic rings. The summed E-state index contributed by atoms with van der Waals surface area (Å²) < 4.78 is 15.9. The number of rotatable bonds is 7. The van der Waals surface area contributed by atoms with Crippen molar-refractivity contribution in [3.05, 3.63) is 41.5 Å². The average molecular weight is 345 g/mol. The van der Waals surface area contributed by atoms with E-state index in [0.29, 0.717) is 35.5 Å². The third-order valence-corrected chi connectivity index (χ3v) is 4.21. The average Bonchev–Trinajstić information content (AvgIpc) is 3.29. The molecule has 1 fully saturated rings. The minimum atomic E-state index is 0.0368. The van der Waals surface area contributed by atoms with Crippen LogP contribution < -0.4 is 4.74 Å². The molecule has 2 aromatic rings. The number of benzene rings is 1. The molecule has 0 saturated carbocycles. The van der Waals surface area contributed by atoms with Crippen molar-refractivity contribution in [1.82, 2.24) is 15.0 Å². The zero-order chi connectivity index (χ0) is 17.6. The summed E-state index contributed by atoms with van der Waals surface area (Å²) in [5.41, 5.74) is 0.656. The van der Waals surface area contributed by atoms with E-state index in [1.54, 1.807) is 31.2 Å². The van der Waals surface area contributed by atoms with Crippen molar-refractivity contribution in [2.24, 2.45) is 5.92 Å². The van der Waals surface area contributed by atoms with E-state index in [-0.39, 0.29) is 12.5 Å². The van der Waals surface area contributed by atoms with Gasteiger partial charge in [-0.3, -0.25) is 4.79 Å². The Morgan fingerprint density at radius 2 is 2.16 bits per heavy atom. The highest BCUT2D eigenvalue weighted by Gasteiger charge is 2.22. The predicted molar refractivity (Wildman–Crippen MR) is 90.3 cm³/mol. The van der Waals surface area contributed by atoms with Gasteiger partial charge in [-0.2, -0.15) is 4.98 Å². The summed E-state index contributed by atoms with van der Waals surface area (Å²) in [5, 5.41) is 3.78. The first-order valence-electron chi connectivity index (χ1n) is 8.54. The molecule has 0 radical (unpaired) electrons. The Hall–Kier alpha value is -2.41. The molecule has 0 bridgehead atoms. The first kappa shape index (κ1) is 17.4. The third-order valence-electron chi connectivity index (χ3n) is 4.21. The standard InChI is InChI=1S/C18H23N3O4/c1-3-21(10-14-8-9-23-11-14)18(22)15-4-6-16(7-5-15)24-12-17-19-13(2)25-20-17/h4-7,14H,3,8-12H2,1-2H3/t14-/m1/s1. The van der Waals surface area contributed by atoms with Gasteiger partial charge < -0.3 is 18.9 Å². The highest BCUT2D eigenvalue weighted by atomic mass is 16.5. The van der Waals surface area contributed by atoms with E-state index in [4.69, 9.17) is 14.0 Å². The molecule has 1 amide bonds. The third kappa shape index (κ3) is 4.57. The molecular weight excluding hydrogens is 322 g/mol. The van der Waals surface area contributed by atoms with Crippen molar-refractivity contribution in [2.45, 2.75) is 26.9 Å². The van der Waals surface area contributed by atoms with Gasteiger partial charge in [-0.05, 0) is 37.6 Å². The second-order valence-corrected chi connectivity index (χ2v) is 6.12. The number of hydrogen-bond donors (Lipinski definition) is 0. The number of nitrogens with zero attached hydrogens (tertiary/aromatic N) is 3. The number of amides is 1. The largest absolute Gasteiger partial charge is 0.485 e. The highest BCUT2D eigenvalue weighted by Crippen LogP contribution is 2.18. The van der Waals surface area contributed by atoms with Crippen molar-refractivity contribution < 1.29 is 18.8 Å². The van der Waals surface area contributed by atoms with Crippen LogP contribution in [0.3, 0.4) is 0 Å². The van der Waals surface area contributed by atoms with Crippen LogP contribution in [0.2, 0.25) is 0 Å². The van der Waals surface area contributed by atoms with Gasteiger partial charge in [0.2, 0.25) is 11.7 Å². The number of aromatic nitrogens is 2. The van der Waals surface area contributed by atoms with Crippen molar-refractivity contribution in [3.63, 3.8) is 0 Å². The van der Waals surface area contributed by atoms with Crippen LogP contribution in [0, 0.1) is 12.8 Å². The molecule has 7 nitrogen and oxygen atoms in total. The van der Waals surface area contributed by atoms with Gasteiger partial charge in [-0.25, -0.2) is 0 Å². The van der Waals surface area contributed by atoms with E-state index in [2.05, 4.69) is 10.1 Å². The molecule has 0 N–H and O–H groups in total. The topological polar surface area (TPSA) is 77.7 Å². The monoisotopic (exact) mass is 345 g/mol. The molecule has 0 unspecified atom stereocenters. The van der Waals surface area contributed by atoms with E-state index in [1.807, 2.05) is 11.8 Å². The number of aryl methyl sites for hydroxylation is 1. The summed E-state index contributed by atoms with van der Waals surface area (Å²) in [6.45, 7) is 6.92. The van der Waals surface area contributed by atoms with Crippen LogP contribution in [0.15, 0.2) is 28.8 Å². The van der Waals surface area contributed by atoms with Gasteiger partial charge in [-0.1, -0.05) is 5.16 Å². The fourth-order valence-electron chi connectivity index (χ4n) is 2.82. The molecule has 25 heavy (non-hydrogen) atoms. The van der Waals surface area contributed by atoms with E-state index >= 15 is 0 Å². The number of ether oxygens (including phenoxy) is 2. The van der Waals surface area contributed by atoms with Gasteiger partial charge in [0, 0.05) is 38.1 Å². The molecule has 0 aliphatic carbocycles. The predicted octanol–water partition coefficient (Wildman–Crippen LogP) is 2.46. The first-order chi connectivity index (χ1) is 12.2. The number of hydrogen-bond acceptors (Lipinski definition) is 6. The minimum absolute atomic E-state index is 0.0368. The van der Waals surface area contributed by atoms with E-state index in [1.165, 1.54) is 0 Å². The summed E-state index contributed by atoms with van der Waals surface area (Å²) in [4.78, 5) is 18.6. The Morgan fingerprint density at radius 3 is 2.76 bits per heavy atom. The Morgan fingerprint density at radius 1 is 1.36 bits per heavy atom. The zero-order valence-corrected chi connectivity index (χ0v) is 14.6. The quantitative estimate of drug-likeness (QED) is 0.767. The maximum Gasteiger partial charge on any atom is 0.253 e. The lowest BCUT2D eigenvalue weighted by molar-refractivity contribution is 0.0731. The Kier molecular flexibility index (Phi) is 5.65. The molecule has 1 atom stereocenters. The Labute approximate surface area is 146 Å². The van der Waals surface area contributed by atoms with Crippen LogP contribution in [0.1, 0.15) is 35.4 Å². The second kappa shape index (κ2) is 8.11. The molecule has 0 spiro atoms. The van der Waals surface area contributed by atoms with Gasteiger partial charge in [0.25, 0.3) is 5.91 Å². The molecule has 1 aromatic heterocycles. The lowest BCUT2D eigenvalue weighted by Crippen LogP contribution is -2.35. The van der Waals surface area contributed by atoms with Crippen LogP contribution in [0.4, 0.5) is 0 Å². The van der Waals surface area contributed by atoms with Crippen molar-refractivity contribution in [2.75, 3.05) is 26.3 Å². The maximum atomic E-state index is 12.7. The number of carbonyl (C=O) groups excluding carboxylic acids is 1. The molecule has 7 heteroatoms. The molecule has 3 rings (SSSR count). The Balaban J connectivity index is 1.57. The lowest BCUT2D eigenvalue weighted by Gasteiger charge is -2.23. The second-order valence-electron chi connectivity index (χ2n) is 6.12. The van der Waals surface area contributed by atoms with Gasteiger partial charge in [0.05, 0.1) is 6.61 Å². The zero-order valence-electron chi connectivity index (χ0n) is 14.6. The summed E-state index contributed by atoms with van der Waals surface area (Å²) in [6.07, 6.45) is 1.02. The minimum Gasteiger partial charge on any atom is -0.485 e. The summed E-state index contributed by atoms with van der Waals surface area (Å²) in [6, 6.07) is 7.14. The molecule has 134 valence electrons. The summed E-state index contributed by atoms with van der Waals surface area (Å²) in [7, 11) is 0. The maximum absolute atomic E-state index is 12.7. The van der Waals surface area contributed by atoms with Gasteiger partial charge >= 0.3 is 0 Å². The van der Waals surface area contributed by atoms with Crippen LogP contribution >= 0.6 is 0 Å². The van der Waals surface area contributed by atoms with E-state index in [0.717, 1.165) is 26.2 Å². The normalized spacial score (nSPS) is 16.8. The highest BCUT2D eigenvalue weighted by molar-refractivity contribution is 5.94. The SMILES string of the molecule is CCN(C[C@H]1CCOC1)C(=O)c1ccc(OCc2noc(C)n2)cc1. The van der Waals surface area contributed by atoms with Gasteiger partial charge in [0.15, 0.2) is 6.61 Å². The van der Waals surface area contributed by atoms with E-state index in [9.17, 15) is 4.79 Å². The Bertz CT molecular complexity index is 693. The lowest BCUT2D eigenvalue weighted by atomic mass is 10.1. The fourth-order valence-corrected chi connectivity index (χ4v) is 2.82. The van der Waals surface area contributed by atoms with Crippen LogP contribution in [0.25, 0.3) is 0 Å². The van der Waals surface area contributed by atoms with Crippen molar-refractivity contribution >= 4 is 5.91 Å². The molecule has 1 aliphatic heterocycles. The van der Waals surface area contributed by atoms with Crippen LogP contribution in [0.5, 0.6) is 5.75 Å². The van der Waals surface area contributed by atoms with Crippen molar-refractivity contribution in [1.29, 1.82) is 0 Å². The first-order valence-corrected chi connectivity index (χ1v) is 8.54. The van der Waals surface area contributed by atoms with E-state index < -0.39 is 0 Å². The van der Waals surface area contributed by atoms with Crippen LogP contribution in [-0.4, -0.2) is 47.3 Å². The molecule has 1 aromatic carbocycles. The molecule has 2 heterocycles. The fraction of sp³-hybridized carbons (Fsp3) is 0.500. The molecular formula is C18H23N3O4. The van der Waals surface area contributed by atoms with Gasteiger partial charge in [0.1, 0.15) is 5.75 Å². The smallest absolute Gasteiger partial charge is 0.253 e. The van der Waals surface area contributed by atoms with Crippen molar-refractivity contribution in [3.8, 4) is 5.75 Å². The van der Waals surface area contributed by atoms with Gasteiger partial charge in [-0.15, -0.1) is 0 Å². The summed E-state index contributed by atoms with van der Waals surface area (Å²) in [5.74, 6) is 2.13.